The van der Waals surface area contributed by atoms with Crippen LogP contribution in [0.15, 0.2) is 62.9 Å². The van der Waals surface area contributed by atoms with Gasteiger partial charge in [0.15, 0.2) is 22.8 Å². The number of hydrogen-bond donors (Lipinski definition) is 1. The monoisotopic (exact) mass is 406 g/mol. The van der Waals surface area contributed by atoms with Gasteiger partial charge < -0.3 is 13.9 Å². The minimum atomic E-state index is -0.469. The first-order chi connectivity index (χ1) is 14.4. The number of aryl methyl sites for hydroxylation is 2. The van der Waals surface area contributed by atoms with E-state index in [4.69, 9.17) is 13.9 Å². The van der Waals surface area contributed by atoms with Gasteiger partial charge >= 0.3 is 5.69 Å². The summed E-state index contributed by atoms with van der Waals surface area (Å²) >= 11 is 0. The molecule has 1 N–H and O–H groups in total. The van der Waals surface area contributed by atoms with E-state index in [1.807, 2.05) is 51.1 Å². The molecule has 0 amide bonds. The number of benzene rings is 2. The lowest BCUT2D eigenvalue weighted by atomic mass is 10.1. The average molecular weight is 406 g/mol. The highest BCUT2D eigenvalue weighted by atomic mass is 16.5. The Hall–Kier alpha value is -3.74. The van der Waals surface area contributed by atoms with Gasteiger partial charge in [-0.15, -0.1) is 0 Å². The topological polar surface area (TPSA) is 86.5 Å². The number of nitrogens with zero attached hydrogens (tertiary/aromatic N) is 1. The summed E-state index contributed by atoms with van der Waals surface area (Å²) in [7, 11) is 0. The summed E-state index contributed by atoms with van der Waals surface area (Å²) in [6, 6.07) is 11.0. The number of ether oxygens (including phenoxy) is 2. The Morgan fingerprint density at radius 1 is 1.03 bits per heavy atom. The predicted molar refractivity (Wildman–Crippen MR) is 114 cm³/mol. The van der Waals surface area contributed by atoms with E-state index < -0.39 is 11.2 Å². The third kappa shape index (κ3) is 3.87. The third-order valence-corrected chi connectivity index (χ3v) is 5.00. The van der Waals surface area contributed by atoms with Crippen LogP contribution in [-0.2, 0) is 6.54 Å². The maximum absolute atomic E-state index is 11.9. The molecule has 0 saturated heterocycles. The van der Waals surface area contributed by atoms with Crippen LogP contribution in [0.3, 0.4) is 0 Å². The zero-order valence-electron chi connectivity index (χ0n) is 17.0. The second-order valence-corrected chi connectivity index (χ2v) is 7.19. The fourth-order valence-corrected chi connectivity index (χ4v) is 3.28. The molecule has 4 aromatic rings. The molecular formula is C23H22N2O5. The van der Waals surface area contributed by atoms with Gasteiger partial charge in [0, 0.05) is 17.6 Å². The van der Waals surface area contributed by atoms with Crippen LogP contribution < -0.4 is 20.7 Å². The minimum absolute atomic E-state index is 0.233. The number of furan rings is 1. The van der Waals surface area contributed by atoms with Crippen LogP contribution in [0.2, 0.25) is 0 Å². The van der Waals surface area contributed by atoms with Crippen LogP contribution >= 0.6 is 0 Å². The van der Waals surface area contributed by atoms with Gasteiger partial charge in [0.2, 0.25) is 0 Å². The molecule has 2 aromatic carbocycles. The van der Waals surface area contributed by atoms with E-state index in [-0.39, 0.29) is 13.2 Å². The van der Waals surface area contributed by atoms with Gasteiger partial charge in [-0.3, -0.25) is 14.3 Å². The molecule has 0 unspecified atom stereocenters. The van der Waals surface area contributed by atoms with E-state index in [0.717, 1.165) is 22.1 Å². The van der Waals surface area contributed by atoms with Gasteiger partial charge in [0.05, 0.1) is 12.8 Å². The van der Waals surface area contributed by atoms with Crippen molar-refractivity contribution >= 4 is 11.0 Å². The second-order valence-electron chi connectivity index (χ2n) is 7.19. The van der Waals surface area contributed by atoms with Crippen LogP contribution in [0.25, 0.3) is 11.0 Å². The summed E-state index contributed by atoms with van der Waals surface area (Å²) in [5.41, 5.74) is 2.84. The molecule has 0 saturated carbocycles. The molecule has 0 aliphatic carbocycles. The maximum Gasteiger partial charge on any atom is 0.328 e. The summed E-state index contributed by atoms with van der Waals surface area (Å²) in [5.74, 6) is 1.78. The Morgan fingerprint density at radius 2 is 1.87 bits per heavy atom. The van der Waals surface area contributed by atoms with Crippen LogP contribution in [0.4, 0.5) is 0 Å². The average Bonchev–Trinajstić information content (AvgIpc) is 3.17. The molecule has 154 valence electrons. The Morgan fingerprint density at radius 3 is 2.67 bits per heavy atom. The van der Waals surface area contributed by atoms with Crippen LogP contribution in [0.1, 0.15) is 16.7 Å². The summed E-state index contributed by atoms with van der Waals surface area (Å²) in [4.78, 5) is 25.3. The zero-order chi connectivity index (χ0) is 21.3. The number of aromatic amines is 1. The molecule has 2 aromatic heterocycles. The number of hydrogen-bond acceptors (Lipinski definition) is 5. The lowest BCUT2D eigenvalue weighted by Crippen LogP contribution is -2.30. The highest BCUT2D eigenvalue weighted by Gasteiger charge is 2.15. The minimum Gasteiger partial charge on any atom is -0.488 e. The molecule has 0 radical (unpaired) electrons. The fourth-order valence-electron chi connectivity index (χ4n) is 3.28. The van der Waals surface area contributed by atoms with Crippen molar-refractivity contribution in [3.05, 3.63) is 86.4 Å². The van der Waals surface area contributed by atoms with E-state index in [9.17, 15) is 9.59 Å². The normalized spacial score (nSPS) is 11.0. The van der Waals surface area contributed by atoms with Crippen LogP contribution in [-0.4, -0.2) is 16.2 Å². The number of rotatable bonds is 6. The van der Waals surface area contributed by atoms with Gasteiger partial charge in [-0.05, 0) is 61.7 Å². The first kappa shape index (κ1) is 19.6. The van der Waals surface area contributed by atoms with E-state index >= 15 is 0 Å². The van der Waals surface area contributed by atoms with Gasteiger partial charge in [-0.1, -0.05) is 6.07 Å². The van der Waals surface area contributed by atoms with Crippen molar-refractivity contribution in [3.63, 3.8) is 0 Å². The molecule has 0 bridgehead atoms. The summed E-state index contributed by atoms with van der Waals surface area (Å²) in [5, 5.41) is 0.966. The molecule has 4 rings (SSSR count). The fraction of sp³-hybridized carbons (Fsp3) is 0.217. The smallest absolute Gasteiger partial charge is 0.328 e. The van der Waals surface area contributed by atoms with Crippen molar-refractivity contribution in [2.24, 2.45) is 0 Å². The highest BCUT2D eigenvalue weighted by Crippen LogP contribution is 2.39. The summed E-state index contributed by atoms with van der Waals surface area (Å²) in [6.07, 6.45) is 3.09. The quantitative estimate of drug-likeness (QED) is 0.521. The predicted octanol–water partition coefficient (Wildman–Crippen LogP) is 4.08. The number of fused-ring (bicyclic) bond motifs is 1. The highest BCUT2D eigenvalue weighted by molar-refractivity contribution is 5.84. The third-order valence-electron chi connectivity index (χ3n) is 5.00. The first-order valence-corrected chi connectivity index (χ1v) is 9.61. The maximum atomic E-state index is 11.9. The van der Waals surface area contributed by atoms with Crippen molar-refractivity contribution in [1.82, 2.24) is 9.55 Å². The molecule has 0 aliphatic heterocycles. The van der Waals surface area contributed by atoms with Crippen LogP contribution in [0.5, 0.6) is 17.2 Å². The Kier molecular flexibility index (Phi) is 5.18. The second kappa shape index (κ2) is 7.94. The molecule has 2 heterocycles. The standard InChI is InChI=1S/C23H22N2O5/c1-14-12-17-7-10-28-22(17)19(13-14)30-18-5-4-15(2)16(3)21(18)29-11-9-25-8-6-20(26)24-23(25)27/h4-8,10,12-13H,9,11H2,1-3H3,(H,24,26,27). The van der Waals surface area contributed by atoms with E-state index in [1.165, 1.54) is 16.8 Å². The number of nitrogens with one attached hydrogen (secondary N) is 1. The Labute approximate surface area is 172 Å². The molecule has 0 fully saturated rings. The Bertz CT molecular complexity index is 1330. The zero-order valence-corrected chi connectivity index (χ0v) is 17.0. The lowest BCUT2D eigenvalue weighted by molar-refractivity contribution is 0.281. The van der Waals surface area contributed by atoms with Crippen molar-refractivity contribution in [1.29, 1.82) is 0 Å². The van der Waals surface area contributed by atoms with Crippen LogP contribution in [0, 0.1) is 20.8 Å². The van der Waals surface area contributed by atoms with Gasteiger partial charge in [0.1, 0.15) is 6.61 Å². The molecule has 7 nitrogen and oxygen atoms in total. The lowest BCUT2D eigenvalue weighted by Gasteiger charge is -2.17. The summed E-state index contributed by atoms with van der Waals surface area (Å²) in [6.45, 7) is 6.48. The van der Waals surface area contributed by atoms with Gasteiger partial charge in [-0.2, -0.15) is 0 Å². The van der Waals surface area contributed by atoms with E-state index in [2.05, 4.69) is 4.98 Å². The van der Waals surface area contributed by atoms with Gasteiger partial charge in [-0.25, -0.2) is 4.79 Å². The molecule has 0 aliphatic rings. The van der Waals surface area contributed by atoms with Crippen molar-refractivity contribution < 1.29 is 13.9 Å². The first-order valence-electron chi connectivity index (χ1n) is 9.61. The molecule has 30 heavy (non-hydrogen) atoms. The number of H-pyrrole nitrogens is 1. The van der Waals surface area contributed by atoms with Crippen molar-refractivity contribution in [2.75, 3.05) is 6.61 Å². The Balaban J connectivity index is 1.61. The SMILES string of the molecule is Cc1cc(Oc2ccc(C)c(C)c2OCCn2ccc(=O)[nH]c2=O)c2occc2c1. The largest absolute Gasteiger partial charge is 0.488 e. The molecular weight excluding hydrogens is 384 g/mol. The number of aromatic nitrogens is 2. The van der Waals surface area contributed by atoms with E-state index in [0.29, 0.717) is 22.8 Å². The van der Waals surface area contributed by atoms with Crippen molar-refractivity contribution in [3.8, 4) is 17.2 Å². The molecule has 7 heteroatoms. The van der Waals surface area contributed by atoms with Gasteiger partial charge in [0.25, 0.3) is 5.56 Å². The van der Waals surface area contributed by atoms with Crippen molar-refractivity contribution in [2.45, 2.75) is 27.3 Å². The summed E-state index contributed by atoms with van der Waals surface area (Å²) < 4.78 is 19.2. The van der Waals surface area contributed by atoms with E-state index in [1.54, 1.807) is 6.26 Å². The molecule has 0 spiro atoms. The molecule has 0 atom stereocenters.